The molecule has 0 radical (unpaired) electrons. The van der Waals surface area contributed by atoms with Gasteiger partial charge in [0.1, 0.15) is 12.4 Å². The third kappa shape index (κ3) is 4.79. The maximum Gasteiger partial charge on any atom is 0.258 e. The summed E-state index contributed by atoms with van der Waals surface area (Å²) in [6, 6.07) is 21.4. The van der Waals surface area contributed by atoms with Crippen molar-refractivity contribution in [3.8, 4) is 11.4 Å². The number of nitrogens with zero attached hydrogens (tertiary/aromatic N) is 3. The molecule has 1 amide bonds. The monoisotopic (exact) mass is 417 g/mol. The Morgan fingerprint density at radius 1 is 1.06 bits per heavy atom. The van der Waals surface area contributed by atoms with Crippen molar-refractivity contribution >= 4 is 11.6 Å². The zero-order valence-corrected chi connectivity index (χ0v) is 17.9. The molecule has 1 fully saturated rings. The van der Waals surface area contributed by atoms with Crippen molar-refractivity contribution in [2.75, 3.05) is 25.0 Å². The Balaban J connectivity index is 1.42. The fourth-order valence-corrected chi connectivity index (χ4v) is 3.88. The number of aromatic nitrogens is 1. The number of amides is 1. The molecule has 0 spiro atoms. The van der Waals surface area contributed by atoms with Gasteiger partial charge in [0.15, 0.2) is 0 Å². The number of carbonyl (C=O) groups excluding carboxylic acids is 1. The number of carbonyl (C=O) groups is 1. The van der Waals surface area contributed by atoms with Gasteiger partial charge in [-0.25, -0.2) is 0 Å². The van der Waals surface area contributed by atoms with Gasteiger partial charge < -0.3 is 14.5 Å². The Kier molecular flexibility index (Phi) is 6.07. The highest BCUT2D eigenvalue weighted by atomic mass is 16.5. The first-order chi connectivity index (χ1) is 15.0. The Bertz CT molecular complexity index is 1090. The van der Waals surface area contributed by atoms with Crippen LogP contribution in [0.2, 0.25) is 0 Å². The van der Waals surface area contributed by atoms with Gasteiger partial charge in [-0.15, -0.1) is 0 Å². The van der Waals surface area contributed by atoms with E-state index in [1.54, 1.807) is 23.8 Å². The molecule has 0 N–H and O–H groups in total. The summed E-state index contributed by atoms with van der Waals surface area (Å²) in [5.41, 5.74) is 2.82. The summed E-state index contributed by atoms with van der Waals surface area (Å²) in [5, 5.41) is 0. The predicted octanol–water partition coefficient (Wildman–Crippen LogP) is 3.47. The average Bonchev–Trinajstić information content (AvgIpc) is 3.28. The van der Waals surface area contributed by atoms with Gasteiger partial charge in [0.05, 0.1) is 6.04 Å². The molecule has 6 heteroatoms. The third-order valence-corrected chi connectivity index (χ3v) is 5.84. The molecule has 31 heavy (non-hydrogen) atoms. The summed E-state index contributed by atoms with van der Waals surface area (Å²) >= 11 is 0. The molecule has 0 aliphatic carbocycles. The van der Waals surface area contributed by atoms with E-state index in [2.05, 4.69) is 4.90 Å². The number of ether oxygens (including phenoxy) is 1. The van der Waals surface area contributed by atoms with E-state index in [0.29, 0.717) is 12.4 Å². The van der Waals surface area contributed by atoms with Crippen LogP contribution in [0.3, 0.4) is 0 Å². The zero-order valence-electron chi connectivity index (χ0n) is 17.9. The van der Waals surface area contributed by atoms with E-state index in [-0.39, 0.29) is 17.5 Å². The standard InChI is InChI=1S/C25H27N3O3/c1-19(29)26(2)23-12-14-27(17-23)21-8-10-22(11-9-21)28-15-13-24(16-25(28)30)31-18-20-6-4-3-5-7-20/h3-11,13,15-16,23H,12,14,17-18H2,1-2H3. The number of hydrogen-bond donors (Lipinski definition) is 0. The smallest absolute Gasteiger partial charge is 0.258 e. The lowest BCUT2D eigenvalue weighted by molar-refractivity contribution is -0.129. The lowest BCUT2D eigenvalue weighted by Gasteiger charge is -2.24. The molecule has 1 aliphatic heterocycles. The summed E-state index contributed by atoms with van der Waals surface area (Å²) < 4.78 is 7.36. The molecule has 160 valence electrons. The molecule has 2 aromatic carbocycles. The number of anilines is 1. The summed E-state index contributed by atoms with van der Waals surface area (Å²) in [7, 11) is 1.86. The Labute approximate surface area is 182 Å². The van der Waals surface area contributed by atoms with Gasteiger partial charge in [0.2, 0.25) is 5.91 Å². The Hall–Kier alpha value is -3.54. The number of rotatable bonds is 6. The van der Waals surface area contributed by atoms with Crippen molar-refractivity contribution in [1.82, 2.24) is 9.47 Å². The zero-order chi connectivity index (χ0) is 21.8. The minimum absolute atomic E-state index is 0.0952. The largest absolute Gasteiger partial charge is 0.489 e. The quantitative estimate of drug-likeness (QED) is 0.616. The first kappa shape index (κ1) is 20.7. The van der Waals surface area contributed by atoms with Crippen LogP contribution in [-0.4, -0.2) is 41.6 Å². The molecule has 3 aromatic rings. The average molecular weight is 418 g/mol. The van der Waals surface area contributed by atoms with Gasteiger partial charge in [-0.2, -0.15) is 0 Å². The number of likely N-dealkylation sites (N-methyl/N-ethyl adjacent to an activating group) is 1. The van der Waals surface area contributed by atoms with Crippen LogP contribution in [0.5, 0.6) is 5.75 Å². The second-order valence-electron chi connectivity index (χ2n) is 7.88. The molecular weight excluding hydrogens is 390 g/mol. The second-order valence-corrected chi connectivity index (χ2v) is 7.88. The van der Waals surface area contributed by atoms with Gasteiger partial charge in [-0.05, 0) is 42.3 Å². The molecule has 1 unspecified atom stereocenters. The Morgan fingerprint density at radius 3 is 2.45 bits per heavy atom. The summed E-state index contributed by atoms with van der Waals surface area (Å²) in [6.07, 6.45) is 2.70. The van der Waals surface area contributed by atoms with Crippen LogP contribution in [0.15, 0.2) is 77.7 Å². The van der Waals surface area contributed by atoms with Crippen LogP contribution in [0.25, 0.3) is 5.69 Å². The molecule has 1 saturated heterocycles. The van der Waals surface area contributed by atoms with E-state index >= 15 is 0 Å². The lowest BCUT2D eigenvalue weighted by Crippen LogP contribution is -2.37. The van der Waals surface area contributed by atoms with Crippen LogP contribution in [-0.2, 0) is 11.4 Å². The number of benzene rings is 2. The van der Waals surface area contributed by atoms with Crippen LogP contribution >= 0.6 is 0 Å². The molecule has 1 aromatic heterocycles. The van der Waals surface area contributed by atoms with Gasteiger partial charge >= 0.3 is 0 Å². The van der Waals surface area contributed by atoms with E-state index in [9.17, 15) is 9.59 Å². The summed E-state index contributed by atoms with van der Waals surface area (Å²) in [6.45, 7) is 3.76. The molecule has 6 nitrogen and oxygen atoms in total. The highest BCUT2D eigenvalue weighted by Gasteiger charge is 2.27. The van der Waals surface area contributed by atoms with Crippen LogP contribution in [0, 0.1) is 0 Å². The van der Waals surface area contributed by atoms with Crippen LogP contribution in [0.1, 0.15) is 18.9 Å². The maximum absolute atomic E-state index is 12.6. The topological polar surface area (TPSA) is 54.8 Å². The van der Waals surface area contributed by atoms with Crippen molar-refractivity contribution in [2.45, 2.75) is 26.0 Å². The van der Waals surface area contributed by atoms with Crippen molar-refractivity contribution < 1.29 is 9.53 Å². The lowest BCUT2D eigenvalue weighted by atomic mass is 10.2. The van der Waals surface area contributed by atoms with E-state index in [1.165, 1.54) is 6.07 Å². The molecule has 0 bridgehead atoms. The second kappa shape index (κ2) is 9.08. The van der Waals surface area contributed by atoms with Crippen molar-refractivity contribution in [3.63, 3.8) is 0 Å². The van der Waals surface area contributed by atoms with E-state index in [1.807, 2.05) is 66.5 Å². The summed E-state index contributed by atoms with van der Waals surface area (Å²) in [4.78, 5) is 28.3. The fraction of sp³-hybridized carbons (Fsp3) is 0.280. The fourth-order valence-electron chi connectivity index (χ4n) is 3.88. The van der Waals surface area contributed by atoms with E-state index < -0.39 is 0 Å². The Morgan fingerprint density at radius 2 is 1.77 bits per heavy atom. The number of pyridine rings is 1. The molecule has 1 aliphatic rings. The minimum Gasteiger partial charge on any atom is -0.489 e. The van der Waals surface area contributed by atoms with Crippen LogP contribution < -0.4 is 15.2 Å². The van der Waals surface area contributed by atoms with Gasteiger partial charge in [-0.1, -0.05) is 30.3 Å². The normalized spacial score (nSPS) is 15.7. The highest BCUT2D eigenvalue weighted by molar-refractivity contribution is 5.73. The van der Waals surface area contributed by atoms with E-state index in [4.69, 9.17) is 4.74 Å². The maximum atomic E-state index is 12.6. The van der Waals surface area contributed by atoms with Crippen molar-refractivity contribution in [2.24, 2.45) is 0 Å². The first-order valence-electron chi connectivity index (χ1n) is 10.5. The SMILES string of the molecule is CC(=O)N(C)C1CCN(c2ccc(-n3ccc(OCc4ccccc4)cc3=O)cc2)C1. The van der Waals surface area contributed by atoms with Crippen molar-refractivity contribution in [1.29, 1.82) is 0 Å². The minimum atomic E-state index is -0.136. The number of hydrogen-bond acceptors (Lipinski definition) is 4. The molecular formula is C25H27N3O3. The van der Waals surface area contributed by atoms with E-state index in [0.717, 1.165) is 36.4 Å². The predicted molar refractivity (Wildman–Crippen MR) is 122 cm³/mol. The van der Waals surface area contributed by atoms with Crippen LogP contribution in [0.4, 0.5) is 5.69 Å². The summed E-state index contributed by atoms with van der Waals surface area (Å²) in [5.74, 6) is 0.650. The first-order valence-corrected chi connectivity index (χ1v) is 10.5. The molecule has 2 heterocycles. The third-order valence-electron chi connectivity index (χ3n) is 5.84. The van der Waals surface area contributed by atoms with Gasteiger partial charge in [-0.3, -0.25) is 14.2 Å². The van der Waals surface area contributed by atoms with Gasteiger partial charge in [0.25, 0.3) is 5.56 Å². The molecule has 1 atom stereocenters. The van der Waals surface area contributed by atoms with Crippen molar-refractivity contribution in [3.05, 3.63) is 88.8 Å². The molecule has 0 saturated carbocycles. The highest BCUT2D eigenvalue weighted by Crippen LogP contribution is 2.24. The molecule has 4 rings (SSSR count). The van der Waals surface area contributed by atoms with Gasteiger partial charge in [0, 0.05) is 50.7 Å².